The zero-order valence-electron chi connectivity index (χ0n) is 14.3. The molecule has 3 rings (SSSR count). The number of carbonyl (C=O) groups is 2. The van der Waals surface area contributed by atoms with Crippen molar-refractivity contribution in [3.05, 3.63) is 54.3 Å². The summed E-state index contributed by atoms with van der Waals surface area (Å²) in [6, 6.07) is 11.0. The Bertz CT molecular complexity index is 944. The van der Waals surface area contributed by atoms with Gasteiger partial charge in [0.05, 0.1) is 11.4 Å². The van der Waals surface area contributed by atoms with Crippen LogP contribution in [0.25, 0.3) is 0 Å². The first-order valence-corrected chi connectivity index (χ1v) is 9.79. The molecule has 0 atom stereocenters. The highest BCUT2D eigenvalue weighted by Gasteiger charge is 2.22. The molecule has 0 spiro atoms. The van der Waals surface area contributed by atoms with Crippen LogP contribution in [0.5, 0.6) is 0 Å². The number of nitrogens with one attached hydrogen (secondary N) is 2. The van der Waals surface area contributed by atoms with Crippen LogP contribution in [0.15, 0.2) is 53.4 Å². The number of benzene rings is 2. The monoisotopic (exact) mass is 391 g/mol. The van der Waals surface area contributed by atoms with Gasteiger partial charge in [-0.3, -0.25) is 9.59 Å². The molecule has 1 fully saturated rings. The van der Waals surface area contributed by atoms with E-state index in [-0.39, 0.29) is 10.8 Å². The summed E-state index contributed by atoms with van der Waals surface area (Å²) in [6.07, 6.45) is 1.27. The highest BCUT2D eigenvalue weighted by atomic mass is 32.2. The van der Waals surface area contributed by atoms with Crippen LogP contribution in [0.4, 0.5) is 15.8 Å². The number of amides is 2. The predicted octanol–water partition coefficient (Wildman–Crippen LogP) is 1.87. The lowest BCUT2D eigenvalue weighted by molar-refractivity contribution is -0.117. The molecule has 0 bridgehead atoms. The minimum absolute atomic E-state index is 0.00696. The van der Waals surface area contributed by atoms with Gasteiger partial charge < -0.3 is 10.2 Å². The van der Waals surface area contributed by atoms with Crippen LogP contribution in [0, 0.1) is 5.82 Å². The fourth-order valence-corrected chi connectivity index (χ4v) is 3.69. The van der Waals surface area contributed by atoms with Crippen LogP contribution in [-0.4, -0.2) is 33.3 Å². The van der Waals surface area contributed by atoms with Crippen molar-refractivity contribution in [1.82, 2.24) is 4.72 Å². The maximum atomic E-state index is 12.8. The van der Waals surface area contributed by atoms with Gasteiger partial charge in [0.15, 0.2) is 0 Å². The van der Waals surface area contributed by atoms with Gasteiger partial charge in [0, 0.05) is 24.3 Å². The number of rotatable bonds is 6. The lowest BCUT2D eigenvalue weighted by Crippen LogP contribution is -2.33. The molecule has 1 saturated heterocycles. The lowest BCUT2D eigenvalue weighted by Gasteiger charge is -2.16. The van der Waals surface area contributed by atoms with Gasteiger partial charge in [-0.05, 0) is 55.0 Å². The molecule has 0 aromatic heterocycles. The summed E-state index contributed by atoms with van der Waals surface area (Å²) in [4.78, 5) is 25.2. The quantitative estimate of drug-likeness (QED) is 0.786. The van der Waals surface area contributed by atoms with Crippen LogP contribution in [0.1, 0.15) is 12.8 Å². The number of hydrogen-bond acceptors (Lipinski definition) is 4. The van der Waals surface area contributed by atoms with Crippen molar-refractivity contribution >= 4 is 33.2 Å². The van der Waals surface area contributed by atoms with Crippen molar-refractivity contribution in [3.8, 4) is 0 Å². The molecular weight excluding hydrogens is 373 g/mol. The molecule has 0 aliphatic carbocycles. The Labute approximate surface area is 156 Å². The van der Waals surface area contributed by atoms with Gasteiger partial charge in [0.1, 0.15) is 5.82 Å². The fourth-order valence-electron chi connectivity index (χ4n) is 2.71. The molecule has 0 unspecified atom stereocenters. The smallest absolute Gasteiger partial charge is 0.241 e. The van der Waals surface area contributed by atoms with Crippen molar-refractivity contribution < 1.29 is 22.4 Å². The van der Waals surface area contributed by atoms with E-state index in [0.29, 0.717) is 24.3 Å². The Morgan fingerprint density at radius 1 is 1.07 bits per heavy atom. The lowest BCUT2D eigenvalue weighted by atomic mass is 10.3. The summed E-state index contributed by atoms with van der Waals surface area (Å²) in [5.41, 5.74) is 1.01. The van der Waals surface area contributed by atoms with Gasteiger partial charge in [-0.1, -0.05) is 0 Å². The Kier molecular flexibility index (Phi) is 5.52. The van der Waals surface area contributed by atoms with Crippen LogP contribution >= 0.6 is 0 Å². The van der Waals surface area contributed by atoms with E-state index < -0.39 is 28.3 Å². The van der Waals surface area contributed by atoms with Gasteiger partial charge in [-0.25, -0.2) is 17.5 Å². The highest BCUT2D eigenvalue weighted by molar-refractivity contribution is 7.89. The Hall–Kier alpha value is -2.78. The molecule has 2 aromatic rings. The maximum absolute atomic E-state index is 12.8. The third kappa shape index (κ3) is 4.69. The zero-order chi connectivity index (χ0) is 19.4. The third-order valence-corrected chi connectivity index (χ3v) is 5.50. The summed E-state index contributed by atoms with van der Waals surface area (Å²) >= 11 is 0. The Morgan fingerprint density at radius 2 is 1.74 bits per heavy atom. The molecule has 27 heavy (non-hydrogen) atoms. The van der Waals surface area contributed by atoms with Crippen LogP contribution in [-0.2, 0) is 19.6 Å². The van der Waals surface area contributed by atoms with E-state index in [9.17, 15) is 22.4 Å². The van der Waals surface area contributed by atoms with Gasteiger partial charge in [0.25, 0.3) is 0 Å². The minimum Gasteiger partial charge on any atom is -0.325 e. The molecule has 9 heteroatoms. The van der Waals surface area contributed by atoms with Gasteiger partial charge >= 0.3 is 0 Å². The van der Waals surface area contributed by atoms with Crippen LogP contribution in [0.2, 0.25) is 0 Å². The van der Waals surface area contributed by atoms with Gasteiger partial charge in [-0.15, -0.1) is 0 Å². The first-order chi connectivity index (χ1) is 12.8. The number of nitrogens with zero attached hydrogens (tertiary/aromatic N) is 1. The molecule has 1 heterocycles. The van der Waals surface area contributed by atoms with E-state index in [1.54, 1.807) is 17.0 Å². The van der Waals surface area contributed by atoms with E-state index in [2.05, 4.69) is 10.0 Å². The highest BCUT2D eigenvalue weighted by Crippen LogP contribution is 2.22. The van der Waals surface area contributed by atoms with Crippen LogP contribution in [0.3, 0.4) is 0 Å². The standard InChI is InChI=1S/C18H18FN3O4S/c19-13-3-5-14(6-4-13)21-17(23)12-20-27(25,26)16-9-7-15(8-10-16)22-11-1-2-18(22)24/h3-10,20H,1-2,11-12H2,(H,21,23). The van der Waals surface area contributed by atoms with Gasteiger partial charge in [-0.2, -0.15) is 0 Å². The number of anilines is 2. The van der Waals surface area contributed by atoms with Crippen molar-refractivity contribution in [3.63, 3.8) is 0 Å². The molecule has 2 amide bonds. The largest absolute Gasteiger partial charge is 0.325 e. The van der Waals surface area contributed by atoms with Crippen molar-refractivity contribution in [2.75, 3.05) is 23.3 Å². The second-order valence-corrected chi connectivity index (χ2v) is 7.79. The van der Waals surface area contributed by atoms with Crippen molar-refractivity contribution in [1.29, 1.82) is 0 Å². The molecule has 2 N–H and O–H groups in total. The topological polar surface area (TPSA) is 95.6 Å². The fraction of sp³-hybridized carbons (Fsp3) is 0.222. The molecule has 1 aliphatic heterocycles. The predicted molar refractivity (Wildman–Crippen MR) is 98.2 cm³/mol. The molecule has 142 valence electrons. The SMILES string of the molecule is O=C(CNS(=O)(=O)c1ccc(N2CCCC2=O)cc1)Nc1ccc(F)cc1. The molecular formula is C18H18FN3O4S. The molecule has 7 nitrogen and oxygen atoms in total. The normalized spacial score (nSPS) is 14.4. The average molecular weight is 391 g/mol. The first kappa shape index (κ1) is 19.0. The second kappa shape index (κ2) is 7.85. The van der Waals surface area contributed by atoms with Crippen molar-refractivity contribution in [2.24, 2.45) is 0 Å². The Balaban J connectivity index is 1.59. The summed E-state index contributed by atoms with van der Waals surface area (Å²) in [7, 11) is -3.88. The number of halogens is 1. The summed E-state index contributed by atoms with van der Waals surface area (Å²) < 4.78 is 39.7. The second-order valence-electron chi connectivity index (χ2n) is 6.02. The molecule has 0 radical (unpaired) electrons. The van der Waals surface area contributed by atoms with E-state index in [1.807, 2.05) is 0 Å². The summed E-state index contributed by atoms with van der Waals surface area (Å²) in [5.74, 6) is -1.00. The molecule has 0 saturated carbocycles. The van der Waals surface area contributed by atoms with E-state index in [0.717, 1.165) is 6.42 Å². The van der Waals surface area contributed by atoms with Crippen LogP contribution < -0.4 is 14.9 Å². The first-order valence-electron chi connectivity index (χ1n) is 8.31. The number of hydrogen-bond donors (Lipinski definition) is 2. The summed E-state index contributed by atoms with van der Waals surface area (Å²) in [5, 5.41) is 2.47. The minimum atomic E-state index is -3.88. The zero-order valence-corrected chi connectivity index (χ0v) is 15.1. The van der Waals surface area contributed by atoms with Crippen molar-refractivity contribution in [2.45, 2.75) is 17.7 Å². The van der Waals surface area contributed by atoms with Gasteiger partial charge in [0.2, 0.25) is 21.8 Å². The maximum Gasteiger partial charge on any atom is 0.241 e. The average Bonchev–Trinajstić information content (AvgIpc) is 3.08. The number of sulfonamides is 1. The van der Waals surface area contributed by atoms with E-state index in [4.69, 9.17) is 0 Å². The van der Waals surface area contributed by atoms with E-state index >= 15 is 0 Å². The van der Waals surface area contributed by atoms with E-state index in [1.165, 1.54) is 36.4 Å². The summed E-state index contributed by atoms with van der Waals surface area (Å²) in [6.45, 7) is 0.152. The Morgan fingerprint density at radius 3 is 2.33 bits per heavy atom. The third-order valence-electron chi connectivity index (χ3n) is 4.08. The molecule has 1 aliphatic rings. The number of carbonyl (C=O) groups excluding carboxylic acids is 2. The molecule has 2 aromatic carbocycles.